The molecule has 14 heavy (non-hydrogen) atoms. The molecule has 1 fully saturated rings. The molecule has 2 N–H and O–H groups in total. The highest BCUT2D eigenvalue weighted by molar-refractivity contribution is 5.89. The van der Waals surface area contributed by atoms with E-state index in [1.807, 2.05) is 0 Å². The van der Waals surface area contributed by atoms with Gasteiger partial charge >= 0.3 is 6.09 Å². The average Bonchev–Trinajstić information content (AvgIpc) is 2.57. The van der Waals surface area contributed by atoms with Crippen LogP contribution in [0.2, 0.25) is 0 Å². The molecule has 2 rings (SSSR count). The summed E-state index contributed by atoms with van der Waals surface area (Å²) in [5, 5.41) is 0. The van der Waals surface area contributed by atoms with Crippen molar-refractivity contribution < 1.29 is 13.9 Å². The van der Waals surface area contributed by atoms with Crippen molar-refractivity contribution in [2.45, 2.75) is 0 Å². The maximum absolute atomic E-state index is 12.8. The van der Waals surface area contributed by atoms with E-state index in [4.69, 9.17) is 10.5 Å². The van der Waals surface area contributed by atoms with Gasteiger partial charge in [-0.15, -0.1) is 0 Å². The number of nitrogens with zero attached hydrogens (tertiary/aromatic N) is 1. The molecule has 74 valence electrons. The highest BCUT2D eigenvalue weighted by Crippen LogP contribution is 2.22. The van der Waals surface area contributed by atoms with Gasteiger partial charge < -0.3 is 10.5 Å². The minimum Gasteiger partial charge on any atom is -0.447 e. The van der Waals surface area contributed by atoms with Crippen LogP contribution in [0.25, 0.3) is 0 Å². The van der Waals surface area contributed by atoms with Crippen LogP contribution in [0.4, 0.5) is 20.6 Å². The number of nitrogens with two attached hydrogens (primary N) is 1. The zero-order valence-corrected chi connectivity index (χ0v) is 7.37. The highest BCUT2D eigenvalue weighted by atomic mass is 19.1. The molecule has 0 saturated carbocycles. The summed E-state index contributed by atoms with van der Waals surface area (Å²) in [4.78, 5) is 12.6. The van der Waals surface area contributed by atoms with Crippen molar-refractivity contribution >= 4 is 17.5 Å². The van der Waals surface area contributed by atoms with Gasteiger partial charge in [0.05, 0.1) is 12.2 Å². The Morgan fingerprint density at radius 3 is 2.86 bits per heavy atom. The minimum absolute atomic E-state index is 0.0298. The number of anilines is 2. The maximum Gasteiger partial charge on any atom is 0.414 e. The van der Waals surface area contributed by atoms with E-state index in [1.54, 1.807) is 0 Å². The number of cyclic esters (lactones) is 1. The Hall–Kier alpha value is -1.78. The van der Waals surface area contributed by atoms with Crippen LogP contribution in [-0.2, 0) is 4.74 Å². The smallest absolute Gasteiger partial charge is 0.414 e. The van der Waals surface area contributed by atoms with Gasteiger partial charge in [-0.05, 0) is 18.2 Å². The number of ether oxygens (including phenoxy) is 1. The quantitative estimate of drug-likeness (QED) is 0.690. The van der Waals surface area contributed by atoms with E-state index in [9.17, 15) is 9.18 Å². The number of benzene rings is 1. The Balaban J connectivity index is 2.32. The van der Waals surface area contributed by atoms with Crippen LogP contribution >= 0.6 is 0 Å². The normalized spacial score (nSPS) is 15.8. The summed E-state index contributed by atoms with van der Waals surface area (Å²) in [5.74, 6) is -0.485. The molecule has 1 amide bonds. The van der Waals surface area contributed by atoms with E-state index in [2.05, 4.69) is 0 Å². The summed E-state index contributed by atoms with van der Waals surface area (Å²) in [5.41, 5.74) is 5.97. The molecule has 1 aliphatic heterocycles. The van der Waals surface area contributed by atoms with Crippen LogP contribution in [0.15, 0.2) is 18.2 Å². The van der Waals surface area contributed by atoms with Crippen molar-refractivity contribution in [2.24, 2.45) is 0 Å². The van der Waals surface area contributed by atoms with E-state index in [1.165, 1.54) is 23.1 Å². The molecule has 0 atom stereocenters. The number of hydrogen-bond donors (Lipinski definition) is 1. The Morgan fingerprint density at radius 2 is 2.29 bits per heavy atom. The lowest BCUT2D eigenvalue weighted by atomic mass is 10.2. The summed E-state index contributed by atoms with van der Waals surface area (Å²) in [6.45, 7) is 0.833. The zero-order chi connectivity index (χ0) is 10.1. The van der Waals surface area contributed by atoms with Gasteiger partial charge in [0.1, 0.15) is 12.4 Å². The number of carbonyl (C=O) groups is 1. The van der Waals surface area contributed by atoms with Crippen molar-refractivity contribution in [1.82, 2.24) is 0 Å². The van der Waals surface area contributed by atoms with Crippen LogP contribution in [0.1, 0.15) is 0 Å². The lowest BCUT2D eigenvalue weighted by Crippen LogP contribution is -2.23. The van der Waals surface area contributed by atoms with Gasteiger partial charge in [0, 0.05) is 5.69 Å². The molecule has 1 heterocycles. The lowest BCUT2D eigenvalue weighted by Gasteiger charge is -2.12. The van der Waals surface area contributed by atoms with E-state index in [0.29, 0.717) is 18.8 Å². The number of amides is 1. The lowest BCUT2D eigenvalue weighted by molar-refractivity contribution is 0.181. The van der Waals surface area contributed by atoms with Gasteiger partial charge in [-0.25, -0.2) is 9.18 Å². The molecule has 0 radical (unpaired) electrons. The molecule has 0 bridgehead atoms. The van der Waals surface area contributed by atoms with E-state index in [0.717, 1.165) is 0 Å². The van der Waals surface area contributed by atoms with Crippen molar-refractivity contribution in [2.75, 3.05) is 23.8 Å². The molecule has 1 aliphatic rings. The summed E-state index contributed by atoms with van der Waals surface area (Å²) >= 11 is 0. The summed E-state index contributed by atoms with van der Waals surface area (Å²) in [6.07, 6.45) is -0.420. The topological polar surface area (TPSA) is 55.6 Å². The predicted molar refractivity (Wildman–Crippen MR) is 49.5 cm³/mol. The zero-order valence-electron chi connectivity index (χ0n) is 7.37. The second kappa shape index (κ2) is 3.17. The summed E-state index contributed by atoms with van der Waals surface area (Å²) in [7, 11) is 0. The first-order valence-corrected chi connectivity index (χ1v) is 4.18. The third-order valence-corrected chi connectivity index (χ3v) is 2.05. The molecule has 1 saturated heterocycles. The standard InChI is InChI=1S/C9H9FN2O2/c10-7-2-1-6(5-8(7)11)12-3-4-14-9(12)13/h1-2,5H,3-4,11H2. The van der Waals surface area contributed by atoms with Crippen LogP contribution in [0.3, 0.4) is 0 Å². The minimum atomic E-state index is -0.485. The first-order chi connectivity index (χ1) is 6.68. The van der Waals surface area contributed by atoms with E-state index >= 15 is 0 Å². The number of carbonyl (C=O) groups excluding carboxylic acids is 1. The van der Waals surface area contributed by atoms with Crippen molar-refractivity contribution in [3.63, 3.8) is 0 Å². The fourth-order valence-electron chi connectivity index (χ4n) is 1.33. The molecular weight excluding hydrogens is 187 g/mol. The van der Waals surface area contributed by atoms with Crippen molar-refractivity contribution in [3.05, 3.63) is 24.0 Å². The number of rotatable bonds is 1. The molecule has 1 aromatic carbocycles. The maximum atomic E-state index is 12.8. The Bertz CT molecular complexity index is 381. The molecule has 4 nitrogen and oxygen atoms in total. The van der Waals surface area contributed by atoms with E-state index in [-0.39, 0.29) is 5.69 Å². The number of hydrogen-bond acceptors (Lipinski definition) is 3. The highest BCUT2D eigenvalue weighted by Gasteiger charge is 2.23. The van der Waals surface area contributed by atoms with Gasteiger partial charge in [0.25, 0.3) is 0 Å². The molecule has 0 aliphatic carbocycles. The van der Waals surface area contributed by atoms with Gasteiger partial charge in [-0.3, -0.25) is 4.90 Å². The van der Waals surface area contributed by atoms with Gasteiger partial charge in [0.2, 0.25) is 0 Å². The van der Waals surface area contributed by atoms with Crippen LogP contribution in [0.5, 0.6) is 0 Å². The van der Waals surface area contributed by atoms with E-state index < -0.39 is 11.9 Å². The fourth-order valence-corrected chi connectivity index (χ4v) is 1.33. The van der Waals surface area contributed by atoms with Gasteiger partial charge in [-0.2, -0.15) is 0 Å². The first kappa shape index (κ1) is 8.80. The molecule has 0 unspecified atom stereocenters. The molecule has 0 aromatic heterocycles. The molecule has 0 spiro atoms. The SMILES string of the molecule is Nc1cc(N2CCOC2=O)ccc1F. The summed E-state index contributed by atoms with van der Waals surface area (Å²) in [6, 6.07) is 4.15. The predicted octanol–water partition coefficient (Wildman–Crippen LogP) is 1.36. The second-order valence-corrected chi connectivity index (χ2v) is 2.97. The fraction of sp³-hybridized carbons (Fsp3) is 0.222. The average molecular weight is 196 g/mol. The second-order valence-electron chi connectivity index (χ2n) is 2.97. The number of halogens is 1. The van der Waals surface area contributed by atoms with Crippen LogP contribution in [-0.4, -0.2) is 19.2 Å². The molecular formula is C9H9FN2O2. The first-order valence-electron chi connectivity index (χ1n) is 4.18. The van der Waals surface area contributed by atoms with Crippen molar-refractivity contribution in [3.8, 4) is 0 Å². The molecule has 1 aromatic rings. The van der Waals surface area contributed by atoms with Gasteiger partial charge in [-0.1, -0.05) is 0 Å². The Morgan fingerprint density at radius 1 is 1.50 bits per heavy atom. The number of nitrogen functional groups attached to an aromatic ring is 1. The third kappa shape index (κ3) is 1.37. The largest absolute Gasteiger partial charge is 0.447 e. The third-order valence-electron chi connectivity index (χ3n) is 2.05. The monoisotopic (exact) mass is 196 g/mol. The van der Waals surface area contributed by atoms with Gasteiger partial charge in [0.15, 0.2) is 0 Å². The van der Waals surface area contributed by atoms with Crippen LogP contribution < -0.4 is 10.6 Å². The Kier molecular flexibility index (Phi) is 1.99. The molecule has 5 heteroatoms. The Labute approximate surface area is 80.1 Å². The van der Waals surface area contributed by atoms with Crippen molar-refractivity contribution in [1.29, 1.82) is 0 Å². The summed E-state index contributed by atoms with van der Waals surface area (Å²) < 4.78 is 17.6. The van der Waals surface area contributed by atoms with Crippen LogP contribution in [0, 0.1) is 5.82 Å².